The van der Waals surface area contributed by atoms with Gasteiger partial charge in [-0.2, -0.15) is 0 Å². The Morgan fingerprint density at radius 2 is 1.31 bits per heavy atom. The molecule has 2 rings (SSSR count). The van der Waals surface area contributed by atoms with E-state index in [9.17, 15) is 5.11 Å². The second kappa shape index (κ2) is 4.69. The molecule has 1 atom stereocenters. The largest absolute Gasteiger partial charge is 0.384 e. The van der Waals surface area contributed by atoms with Gasteiger partial charge in [-0.3, -0.25) is 0 Å². The van der Waals surface area contributed by atoms with Crippen LogP contribution >= 0.6 is 11.6 Å². The molecular weight excluding hydrogens is 220 g/mol. The van der Waals surface area contributed by atoms with Crippen molar-refractivity contribution in [1.29, 1.82) is 0 Å². The fourth-order valence-electron chi connectivity index (χ4n) is 1.59. The lowest BCUT2D eigenvalue weighted by Gasteiger charge is -2.11. The Hall–Kier alpha value is -1.31. The van der Waals surface area contributed by atoms with Gasteiger partial charge >= 0.3 is 0 Å². The van der Waals surface area contributed by atoms with Crippen LogP contribution in [0.2, 0.25) is 5.02 Å². The monoisotopic (exact) mass is 232 g/mol. The van der Waals surface area contributed by atoms with Crippen LogP contribution in [0.1, 0.15) is 22.8 Å². The van der Waals surface area contributed by atoms with Gasteiger partial charge in [-0.1, -0.05) is 53.6 Å². The van der Waals surface area contributed by atoms with Crippen LogP contribution in [0, 0.1) is 6.92 Å². The van der Waals surface area contributed by atoms with E-state index >= 15 is 0 Å². The standard InChI is InChI=1S/C14H13ClO/c1-10-2-4-11(5-3-10)14(16)12-6-8-13(15)9-7-12/h2-9,14,16H,1H3/t14-/m1/s1. The average Bonchev–Trinajstić information content (AvgIpc) is 2.30. The Morgan fingerprint density at radius 3 is 1.81 bits per heavy atom. The van der Waals surface area contributed by atoms with E-state index in [4.69, 9.17) is 11.6 Å². The van der Waals surface area contributed by atoms with E-state index in [0.717, 1.165) is 11.1 Å². The van der Waals surface area contributed by atoms with Crippen LogP contribution in [0.3, 0.4) is 0 Å². The number of hydrogen-bond acceptors (Lipinski definition) is 1. The Labute approximate surface area is 100 Å². The topological polar surface area (TPSA) is 20.2 Å². The zero-order valence-electron chi connectivity index (χ0n) is 9.02. The molecule has 0 spiro atoms. The highest BCUT2D eigenvalue weighted by molar-refractivity contribution is 6.30. The van der Waals surface area contributed by atoms with Crippen LogP contribution in [-0.4, -0.2) is 5.11 Å². The van der Waals surface area contributed by atoms with Crippen molar-refractivity contribution in [3.8, 4) is 0 Å². The van der Waals surface area contributed by atoms with Crippen molar-refractivity contribution in [3.63, 3.8) is 0 Å². The quantitative estimate of drug-likeness (QED) is 0.837. The zero-order valence-corrected chi connectivity index (χ0v) is 9.78. The van der Waals surface area contributed by atoms with Crippen molar-refractivity contribution in [2.24, 2.45) is 0 Å². The Kier molecular flexibility index (Phi) is 3.28. The van der Waals surface area contributed by atoms with E-state index in [2.05, 4.69) is 0 Å². The maximum Gasteiger partial charge on any atom is 0.104 e. The zero-order chi connectivity index (χ0) is 11.5. The van der Waals surface area contributed by atoms with Gasteiger partial charge in [-0.15, -0.1) is 0 Å². The second-order valence-corrected chi connectivity index (χ2v) is 4.30. The molecule has 0 amide bonds. The van der Waals surface area contributed by atoms with E-state index in [1.54, 1.807) is 12.1 Å². The number of aliphatic hydroxyl groups excluding tert-OH is 1. The third kappa shape index (κ3) is 2.43. The van der Waals surface area contributed by atoms with E-state index < -0.39 is 6.10 Å². The molecule has 0 aromatic heterocycles. The molecule has 0 aliphatic heterocycles. The molecule has 1 N–H and O–H groups in total. The van der Waals surface area contributed by atoms with Crippen molar-refractivity contribution >= 4 is 11.6 Å². The molecule has 0 fully saturated rings. The molecule has 0 saturated carbocycles. The fourth-order valence-corrected chi connectivity index (χ4v) is 1.71. The molecular formula is C14H13ClO. The summed E-state index contributed by atoms with van der Waals surface area (Å²) in [5, 5.41) is 10.8. The summed E-state index contributed by atoms with van der Waals surface area (Å²) in [5.74, 6) is 0. The summed E-state index contributed by atoms with van der Waals surface area (Å²) in [6.07, 6.45) is -0.585. The average molecular weight is 233 g/mol. The summed E-state index contributed by atoms with van der Waals surface area (Å²) < 4.78 is 0. The number of aliphatic hydroxyl groups is 1. The SMILES string of the molecule is Cc1ccc([C@@H](O)c2ccc(Cl)cc2)cc1. The predicted molar refractivity (Wildman–Crippen MR) is 66.7 cm³/mol. The summed E-state index contributed by atoms with van der Waals surface area (Å²) in [6, 6.07) is 15.1. The first-order valence-corrected chi connectivity index (χ1v) is 5.55. The summed E-state index contributed by atoms with van der Waals surface area (Å²) in [4.78, 5) is 0. The van der Waals surface area contributed by atoms with Gasteiger partial charge < -0.3 is 5.11 Å². The minimum absolute atomic E-state index is 0.585. The Balaban J connectivity index is 2.28. The summed E-state index contributed by atoms with van der Waals surface area (Å²) in [7, 11) is 0. The maximum atomic E-state index is 10.1. The summed E-state index contributed by atoms with van der Waals surface area (Å²) in [5.41, 5.74) is 2.94. The summed E-state index contributed by atoms with van der Waals surface area (Å²) in [6.45, 7) is 2.03. The van der Waals surface area contributed by atoms with Crippen LogP contribution in [-0.2, 0) is 0 Å². The first-order chi connectivity index (χ1) is 7.66. The molecule has 0 radical (unpaired) electrons. The summed E-state index contributed by atoms with van der Waals surface area (Å²) >= 11 is 5.80. The third-order valence-corrected chi connectivity index (χ3v) is 2.83. The smallest absolute Gasteiger partial charge is 0.104 e. The lowest BCUT2D eigenvalue weighted by molar-refractivity contribution is 0.220. The van der Waals surface area contributed by atoms with Gasteiger partial charge in [0.15, 0.2) is 0 Å². The number of aryl methyl sites for hydroxylation is 1. The van der Waals surface area contributed by atoms with E-state index in [1.165, 1.54) is 5.56 Å². The van der Waals surface area contributed by atoms with Gasteiger partial charge in [0.2, 0.25) is 0 Å². The van der Waals surface area contributed by atoms with Crippen molar-refractivity contribution in [3.05, 3.63) is 70.2 Å². The van der Waals surface area contributed by atoms with Crippen LogP contribution in [0.25, 0.3) is 0 Å². The van der Waals surface area contributed by atoms with Gasteiger partial charge in [0, 0.05) is 5.02 Å². The Morgan fingerprint density at radius 1 is 0.875 bits per heavy atom. The minimum Gasteiger partial charge on any atom is -0.384 e. The van der Waals surface area contributed by atoms with E-state index in [1.807, 2.05) is 43.3 Å². The fraction of sp³-hybridized carbons (Fsp3) is 0.143. The van der Waals surface area contributed by atoms with Crippen LogP contribution in [0.4, 0.5) is 0 Å². The highest BCUT2D eigenvalue weighted by atomic mass is 35.5. The van der Waals surface area contributed by atoms with Gasteiger partial charge in [-0.25, -0.2) is 0 Å². The highest BCUT2D eigenvalue weighted by Crippen LogP contribution is 2.23. The lowest BCUT2D eigenvalue weighted by atomic mass is 10.0. The number of rotatable bonds is 2. The van der Waals surface area contributed by atoms with Crippen LogP contribution in [0.15, 0.2) is 48.5 Å². The van der Waals surface area contributed by atoms with Crippen LogP contribution < -0.4 is 0 Å². The Bertz CT molecular complexity index is 414. The van der Waals surface area contributed by atoms with Crippen molar-refractivity contribution in [1.82, 2.24) is 0 Å². The number of halogens is 1. The van der Waals surface area contributed by atoms with Gasteiger partial charge in [0.05, 0.1) is 0 Å². The molecule has 16 heavy (non-hydrogen) atoms. The highest BCUT2D eigenvalue weighted by Gasteiger charge is 2.09. The van der Waals surface area contributed by atoms with Gasteiger partial charge in [0.1, 0.15) is 6.10 Å². The molecule has 1 nitrogen and oxygen atoms in total. The van der Waals surface area contributed by atoms with Gasteiger partial charge in [0.25, 0.3) is 0 Å². The third-order valence-electron chi connectivity index (χ3n) is 2.58. The van der Waals surface area contributed by atoms with Gasteiger partial charge in [-0.05, 0) is 30.2 Å². The van der Waals surface area contributed by atoms with Crippen LogP contribution in [0.5, 0.6) is 0 Å². The molecule has 2 aromatic rings. The maximum absolute atomic E-state index is 10.1. The molecule has 2 heteroatoms. The number of benzene rings is 2. The molecule has 0 heterocycles. The van der Waals surface area contributed by atoms with Crippen molar-refractivity contribution in [2.45, 2.75) is 13.0 Å². The van der Waals surface area contributed by atoms with E-state index in [0.29, 0.717) is 5.02 Å². The molecule has 0 saturated heterocycles. The molecule has 0 unspecified atom stereocenters. The molecule has 2 aromatic carbocycles. The lowest BCUT2D eigenvalue weighted by Crippen LogP contribution is -1.98. The minimum atomic E-state index is -0.585. The molecule has 0 aliphatic rings. The molecule has 82 valence electrons. The first-order valence-electron chi connectivity index (χ1n) is 5.17. The molecule has 0 aliphatic carbocycles. The molecule has 0 bridgehead atoms. The number of hydrogen-bond donors (Lipinski definition) is 1. The predicted octanol–water partition coefficient (Wildman–Crippen LogP) is 3.73. The normalized spacial score (nSPS) is 12.4. The van der Waals surface area contributed by atoms with E-state index in [-0.39, 0.29) is 0 Å². The van der Waals surface area contributed by atoms with Crippen molar-refractivity contribution < 1.29 is 5.11 Å². The second-order valence-electron chi connectivity index (χ2n) is 3.86. The first kappa shape index (κ1) is 11.2. The van der Waals surface area contributed by atoms with Crippen molar-refractivity contribution in [2.75, 3.05) is 0 Å².